The van der Waals surface area contributed by atoms with Crippen molar-refractivity contribution in [2.75, 3.05) is 6.61 Å². The van der Waals surface area contributed by atoms with E-state index in [1.54, 1.807) is 12.1 Å². The molecule has 1 aliphatic rings. The Bertz CT molecular complexity index is 327. The summed E-state index contributed by atoms with van der Waals surface area (Å²) in [5.74, 6) is 0.665. The minimum atomic E-state index is -0.138. The maximum absolute atomic E-state index is 9.37. The quantitative estimate of drug-likeness (QED) is 0.710. The zero-order chi connectivity index (χ0) is 8.72. The summed E-state index contributed by atoms with van der Waals surface area (Å²) >= 11 is 3.35. The molecule has 4 heteroatoms. The van der Waals surface area contributed by atoms with Crippen molar-refractivity contribution in [1.82, 2.24) is 0 Å². The van der Waals surface area contributed by atoms with Crippen molar-refractivity contribution >= 4 is 15.9 Å². The van der Waals surface area contributed by atoms with Crippen molar-refractivity contribution in [1.29, 1.82) is 0 Å². The SMILES string of the molecule is N[C@H]1COc2c(O)ccc(Br)c21. The average molecular weight is 230 g/mol. The second-order valence-corrected chi connectivity index (χ2v) is 3.58. The smallest absolute Gasteiger partial charge is 0.167 e. The number of hydrogen-bond donors (Lipinski definition) is 2. The van der Waals surface area contributed by atoms with Gasteiger partial charge in [-0.15, -0.1) is 0 Å². The first-order valence-electron chi connectivity index (χ1n) is 3.60. The van der Waals surface area contributed by atoms with E-state index in [0.29, 0.717) is 12.4 Å². The Kier molecular flexibility index (Phi) is 1.73. The monoisotopic (exact) mass is 229 g/mol. The lowest BCUT2D eigenvalue weighted by Crippen LogP contribution is -2.11. The Labute approximate surface area is 78.3 Å². The number of ether oxygens (including phenoxy) is 1. The molecule has 0 saturated heterocycles. The van der Waals surface area contributed by atoms with E-state index < -0.39 is 0 Å². The predicted molar refractivity (Wildman–Crippen MR) is 48.2 cm³/mol. The highest BCUT2D eigenvalue weighted by atomic mass is 79.9. The van der Waals surface area contributed by atoms with Crippen LogP contribution in [0.3, 0.4) is 0 Å². The standard InChI is InChI=1S/C8H8BrNO2/c9-4-1-2-6(11)8-7(4)5(10)3-12-8/h1-2,5,11H,3,10H2/t5-/m0/s1. The van der Waals surface area contributed by atoms with Crippen LogP contribution in [0.15, 0.2) is 16.6 Å². The van der Waals surface area contributed by atoms with Crippen LogP contribution in [0.25, 0.3) is 0 Å². The fourth-order valence-electron chi connectivity index (χ4n) is 1.32. The summed E-state index contributed by atoms with van der Waals surface area (Å²) in [6.07, 6.45) is 0. The van der Waals surface area contributed by atoms with Crippen molar-refractivity contribution in [2.24, 2.45) is 5.73 Å². The first kappa shape index (κ1) is 7.89. The Morgan fingerprint density at radius 1 is 1.58 bits per heavy atom. The minimum Gasteiger partial charge on any atom is -0.504 e. The number of nitrogens with two attached hydrogens (primary N) is 1. The topological polar surface area (TPSA) is 55.5 Å². The van der Waals surface area contributed by atoms with Crippen LogP contribution in [0.5, 0.6) is 11.5 Å². The number of phenolic OH excluding ortho intramolecular Hbond substituents is 1. The lowest BCUT2D eigenvalue weighted by molar-refractivity contribution is 0.317. The Hall–Kier alpha value is -0.740. The van der Waals surface area contributed by atoms with E-state index in [1.165, 1.54) is 0 Å². The molecule has 0 unspecified atom stereocenters. The molecule has 1 aromatic rings. The van der Waals surface area contributed by atoms with Crippen LogP contribution in [0.1, 0.15) is 11.6 Å². The van der Waals surface area contributed by atoms with Gasteiger partial charge in [-0.25, -0.2) is 0 Å². The van der Waals surface area contributed by atoms with E-state index in [4.69, 9.17) is 10.5 Å². The van der Waals surface area contributed by atoms with Gasteiger partial charge in [-0.1, -0.05) is 15.9 Å². The fourth-order valence-corrected chi connectivity index (χ4v) is 1.92. The zero-order valence-corrected chi connectivity index (χ0v) is 7.84. The molecule has 0 amide bonds. The van der Waals surface area contributed by atoms with E-state index in [2.05, 4.69) is 15.9 Å². The molecule has 2 rings (SSSR count). The number of fused-ring (bicyclic) bond motifs is 1. The highest BCUT2D eigenvalue weighted by Crippen LogP contribution is 2.42. The summed E-state index contributed by atoms with van der Waals surface area (Å²) in [7, 11) is 0. The molecule has 0 radical (unpaired) electrons. The molecule has 0 spiro atoms. The van der Waals surface area contributed by atoms with Crippen molar-refractivity contribution in [3.05, 3.63) is 22.2 Å². The van der Waals surface area contributed by atoms with Gasteiger partial charge in [-0.3, -0.25) is 0 Å². The molecule has 0 fully saturated rings. The van der Waals surface area contributed by atoms with E-state index in [-0.39, 0.29) is 11.8 Å². The van der Waals surface area contributed by atoms with Crippen LogP contribution < -0.4 is 10.5 Å². The van der Waals surface area contributed by atoms with Gasteiger partial charge < -0.3 is 15.6 Å². The van der Waals surface area contributed by atoms with Crippen LogP contribution in [0.4, 0.5) is 0 Å². The maximum atomic E-state index is 9.37. The lowest BCUT2D eigenvalue weighted by Gasteiger charge is -2.04. The molecule has 0 aliphatic carbocycles. The largest absolute Gasteiger partial charge is 0.504 e. The molecule has 1 aromatic carbocycles. The van der Waals surface area contributed by atoms with Gasteiger partial charge in [-0.05, 0) is 12.1 Å². The molecule has 1 atom stereocenters. The van der Waals surface area contributed by atoms with Crippen molar-refractivity contribution in [2.45, 2.75) is 6.04 Å². The Morgan fingerprint density at radius 3 is 3.00 bits per heavy atom. The van der Waals surface area contributed by atoms with Crippen molar-refractivity contribution in [3.8, 4) is 11.5 Å². The first-order chi connectivity index (χ1) is 5.70. The second-order valence-electron chi connectivity index (χ2n) is 2.73. The van der Waals surface area contributed by atoms with Crippen LogP contribution >= 0.6 is 15.9 Å². The number of hydrogen-bond acceptors (Lipinski definition) is 3. The molecule has 3 nitrogen and oxygen atoms in total. The molecule has 64 valence electrons. The predicted octanol–water partition coefficient (Wildman–Crippen LogP) is 1.55. The van der Waals surface area contributed by atoms with Crippen molar-refractivity contribution < 1.29 is 9.84 Å². The van der Waals surface area contributed by atoms with Crippen LogP contribution in [-0.2, 0) is 0 Å². The maximum Gasteiger partial charge on any atom is 0.167 e. The third-order valence-corrected chi connectivity index (χ3v) is 2.59. The molecule has 1 aliphatic heterocycles. The summed E-state index contributed by atoms with van der Waals surface area (Å²) in [5.41, 5.74) is 6.61. The Morgan fingerprint density at radius 2 is 2.33 bits per heavy atom. The second kappa shape index (κ2) is 2.64. The Balaban J connectivity index is 2.64. The third-order valence-electron chi connectivity index (χ3n) is 1.90. The van der Waals surface area contributed by atoms with Gasteiger partial charge in [0.1, 0.15) is 6.61 Å². The molecule has 0 saturated carbocycles. The zero-order valence-electron chi connectivity index (χ0n) is 6.25. The third kappa shape index (κ3) is 0.990. The lowest BCUT2D eigenvalue weighted by atomic mass is 10.1. The molecular weight excluding hydrogens is 222 g/mol. The van der Waals surface area contributed by atoms with Gasteiger partial charge in [0.2, 0.25) is 0 Å². The van der Waals surface area contributed by atoms with E-state index in [1.807, 2.05) is 0 Å². The molecule has 3 N–H and O–H groups in total. The first-order valence-corrected chi connectivity index (χ1v) is 4.39. The van der Waals surface area contributed by atoms with Gasteiger partial charge in [0, 0.05) is 10.0 Å². The summed E-state index contributed by atoms with van der Waals surface area (Å²) in [4.78, 5) is 0. The van der Waals surface area contributed by atoms with Crippen LogP contribution in [0, 0.1) is 0 Å². The number of benzene rings is 1. The molecule has 1 heterocycles. The van der Waals surface area contributed by atoms with E-state index in [9.17, 15) is 5.11 Å². The minimum absolute atomic E-state index is 0.138. The molecule has 12 heavy (non-hydrogen) atoms. The van der Waals surface area contributed by atoms with Crippen molar-refractivity contribution in [3.63, 3.8) is 0 Å². The van der Waals surface area contributed by atoms with E-state index in [0.717, 1.165) is 10.0 Å². The fraction of sp³-hybridized carbons (Fsp3) is 0.250. The molecule has 0 bridgehead atoms. The van der Waals surface area contributed by atoms with Gasteiger partial charge in [-0.2, -0.15) is 0 Å². The summed E-state index contributed by atoms with van der Waals surface area (Å²) in [5, 5.41) is 9.37. The van der Waals surface area contributed by atoms with Gasteiger partial charge in [0.05, 0.1) is 6.04 Å². The molecule has 0 aromatic heterocycles. The van der Waals surface area contributed by atoms with Crippen LogP contribution in [-0.4, -0.2) is 11.7 Å². The highest BCUT2D eigenvalue weighted by Gasteiger charge is 2.25. The highest BCUT2D eigenvalue weighted by molar-refractivity contribution is 9.10. The van der Waals surface area contributed by atoms with Crippen LogP contribution in [0.2, 0.25) is 0 Å². The number of phenols is 1. The summed E-state index contributed by atoms with van der Waals surface area (Å²) < 4.78 is 6.11. The summed E-state index contributed by atoms with van der Waals surface area (Å²) in [6, 6.07) is 3.21. The van der Waals surface area contributed by atoms with E-state index >= 15 is 0 Å². The summed E-state index contributed by atoms with van der Waals surface area (Å²) in [6.45, 7) is 0.436. The number of halogens is 1. The number of aromatic hydroxyl groups is 1. The molecular formula is C8H8BrNO2. The normalized spacial score (nSPS) is 20.3. The average Bonchev–Trinajstić information content (AvgIpc) is 2.42. The van der Waals surface area contributed by atoms with Gasteiger partial charge in [0.25, 0.3) is 0 Å². The van der Waals surface area contributed by atoms with Gasteiger partial charge >= 0.3 is 0 Å². The van der Waals surface area contributed by atoms with Gasteiger partial charge in [0.15, 0.2) is 11.5 Å². The number of rotatable bonds is 0.